The first kappa shape index (κ1) is 25.5. The molecule has 1 fully saturated rings. The maximum absolute atomic E-state index is 14.6. The summed E-state index contributed by atoms with van der Waals surface area (Å²) in [5.41, 5.74) is -0.0557. The third-order valence-corrected chi connectivity index (χ3v) is 5.57. The van der Waals surface area contributed by atoms with Crippen LogP contribution in [0.25, 0.3) is 5.69 Å². The van der Waals surface area contributed by atoms with Gasteiger partial charge in [-0.15, -0.1) is 18.3 Å². The van der Waals surface area contributed by atoms with Crippen molar-refractivity contribution in [2.24, 2.45) is 0 Å². The molecule has 3 aromatic rings. The fourth-order valence-corrected chi connectivity index (χ4v) is 4.70. The highest BCUT2D eigenvalue weighted by Crippen LogP contribution is 2.33. The zero-order chi connectivity index (χ0) is 26.3. The summed E-state index contributed by atoms with van der Waals surface area (Å²) in [6.45, 7) is 9.87. The van der Waals surface area contributed by atoms with Gasteiger partial charge in [0.1, 0.15) is 5.69 Å². The van der Waals surface area contributed by atoms with Crippen LogP contribution in [0.5, 0.6) is 5.75 Å². The van der Waals surface area contributed by atoms with Crippen LogP contribution in [-0.4, -0.2) is 53.7 Å². The number of ether oxygens (including phenoxy) is 1. The van der Waals surface area contributed by atoms with E-state index in [1.54, 1.807) is 0 Å². The molecule has 0 atom stereocenters. The van der Waals surface area contributed by atoms with Crippen LogP contribution in [0.1, 0.15) is 46.4 Å². The second kappa shape index (κ2) is 9.15. The van der Waals surface area contributed by atoms with Gasteiger partial charge >= 0.3 is 6.36 Å². The predicted molar refractivity (Wildman–Crippen MR) is 124 cm³/mol. The van der Waals surface area contributed by atoms with Crippen molar-refractivity contribution in [3.8, 4) is 11.4 Å². The second-order valence-electron chi connectivity index (χ2n) is 10.0. The van der Waals surface area contributed by atoms with Gasteiger partial charge in [-0.2, -0.15) is 9.67 Å². The molecule has 1 aliphatic rings. The molecule has 194 valence electrons. The summed E-state index contributed by atoms with van der Waals surface area (Å²) in [4.78, 5) is 8.23. The molecule has 0 amide bonds. The molecule has 1 aliphatic heterocycles. The van der Waals surface area contributed by atoms with E-state index in [0.717, 1.165) is 29.8 Å². The van der Waals surface area contributed by atoms with E-state index in [-0.39, 0.29) is 40.4 Å². The molecule has 0 unspecified atom stereocenters. The van der Waals surface area contributed by atoms with E-state index in [1.165, 1.54) is 19.1 Å². The number of nitrogens with zero attached hydrogens (tertiary/aromatic N) is 6. The molecule has 1 aromatic carbocycles. The minimum Gasteiger partial charge on any atom is -0.403 e. The molecule has 0 aliphatic carbocycles. The minimum absolute atomic E-state index is 0.0274. The maximum Gasteiger partial charge on any atom is 0.573 e. The normalized spacial score (nSPS) is 17.6. The Bertz CT molecular complexity index is 1230. The van der Waals surface area contributed by atoms with E-state index in [1.807, 2.05) is 0 Å². The average Bonchev–Trinajstić information content (AvgIpc) is 3.14. The van der Waals surface area contributed by atoms with Crippen molar-refractivity contribution in [1.29, 1.82) is 0 Å². The van der Waals surface area contributed by atoms with Crippen molar-refractivity contribution in [2.75, 3.05) is 10.6 Å². The van der Waals surface area contributed by atoms with Crippen molar-refractivity contribution in [2.45, 2.75) is 70.9 Å². The molecule has 10 nitrogen and oxygen atoms in total. The largest absolute Gasteiger partial charge is 0.573 e. The van der Waals surface area contributed by atoms with E-state index >= 15 is 0 Å². The van der Waals surface area contributed by atoms with Crippen molar-refractivity contribution in [1.82, 2.24) is 35.5 Å². The number of hydrogen-bond donors (Lipinski definition) is 3. The summed E-state index contributed by atoms with van der Waals surface area (Å²) < 4.78 is 58.6. The van der Waals surface area contributed by atoms with E-state index in [2.05, 4.69) is 73.9 Å². The van der Waals surface area contributed by atoms with E-state index in [9.17, 15) is 17.6 Å². The number of aromatic nitrogens is 6. The highest BCUT2D eigenvalue weighted by Gasteiger charge is 2.38. The highest BCUT2D eigenvalue weighted by molar-refractivity contribution is 5.63. The van der Waals surface area contributed by atoms with Crippen LogP contribution in [0.3, 0.4) is 0 Å². The molecule has 3 N–H and O–H groups in total. The lowest BCUT2D eigenvalue weighted by molar-refractivity contribution is -0.274. The van der Waals surface area contributed by atoms with Crippen molar-refractivity contribution in [3.05, 3.63) is 36.0 Å². The van der Waals surface area contributed by atoms with Gasteiger partial charge in [0.2, 0.25) is 5.95 Å². The molecule has 0 spiro atoms. The molecule has 36 heavy (non-hydrogen) atoms. The first-order valence-corrected chi connectivity index (χ1v) is 11.2. The third-order valence-electron chi connectivity index (χ3n) is 5.57. The lowest BCUT2D eigenvalue weighted by Crippen LogP contribution is -2.60. The average molecular weight is 510 g/mol. The zero-order valence-electron chi connectivity index (χ0n) is 20.4. The van der Waals surface area contributed by atoms with Crippen LogP contribution >= 0.6 is 0 Å². The topological polar surface area (TPSA) is 115 Å². The first-order chi connectivity index (χ1) is 16.7. The Morgan fingerprint density at radius 1 is 1.14 bits per heavy atom. The van der Waals surface area contributed by atoms with Gasteiger partial charge in [0, 0.05) is 22.8 Å². The van der Waals surface area contributed by atoms with Gasteiger partial charge in [0.05, 0.1) is 6.20 Å². The smallest absolute Gasteiger partial charge is 0.403 e. The Morgan fingerprint density at radius 2 is 1.83 bits per heavy atom. The van der Waals surface area contributed by atoms with Gasteiger partial charge in [-0.05, 0) is 76.1 Å². The van der Waals surface area contributed by atoms with Crippen LogP contribution in [0.15, 0.2) is 24.4 Å². The van der Waals surface area contributed by atoms with Crippen molar-refractivity contribution < 1.29 is 22.3 Å². The fourth-order valence-electron chi connectivity index (χ4n) is 4.70. The number of benzene rings is 1. The van der Waals surface area contributed by atoms with Crippen LogP contribution in [0.4, 0.5) is 35.0 Å². The number of nitrogens with one attached hydrogen (secondary N) is 3. The lowest BCUT2D eigenvalue weighted by atomic mass is 9.79. The number of tetrazole rings is 1. The molecule has 14 heteroatoms. The molecule has 0 bridgehead atoms. The number of piperidine rings is 1. The third kappa shape index (κ3) is 6.17. The second-order valence-corrected chi connectivity index (χ2v) is 10.0. The SMILES string of the molecule is Cc1nnnn1-c1cc(Nc2ncc(F)c(NC3CC(C)(C)NC(C)(C)C3)n2)ccc1OC(F)(F)F. The Labute approximate surface area is 204 Å². The number of halogens is 4. The predicted octanol–water partition coefficient (Wildman–Crippen LogP) is 4.26. The highest BCUT2D eigenvalue weighted by atomic mass is 19.4. The fraction of sp³-hybridized carbons (Fsp3) is 0.500. The number of aryl methyl sites for hydroxylation is 1. The van der Waals surface area contributed by atoms with Crippen LogP contribution in [0.2, 0.25) is 0 Å². The monoisotopic (exact) mass is 509 g/mol. The van der Waals surface area contributed by atoms with E-state index in [0.29, 0.717) is 5.69 Å². The number of alkyl halides is 3. The van der Waals surface area contributed by atoms with Gasteiger partial charge < -0.3 is 20.7 Å². The summed E-state index contributed by atoms with van der Waals surface area (Å²) in [6.07, 6.45) is -2.39. The molecular weight excluding hydrogens is 482 g/mol. The summed E-state index contributed by atoms with van der Waals surface area (Å²) in [7, 11) is 0. The van der Waals surface area contributed by atoms with Crippen molar-refractivity contribution in [3.63, 3.8) is 0 Å². The summed E-state index contributed by atoms with van der Waals surface area (Å²) in [6, 6.07) is 3.78. The molecule has 2 aromatic heterocycles. The van der Waals surface area contributed by atoms with Crippen LogP contribution < -0.4 is 20.7 Å². The quantitative estimate of drug-likeness (QED) is 0.419. The summed E-state index contributed by atoms with van der Waals surface area (Å²) in [5, 5.41) is 20.5. The molecule has 0 radical (unpaired) electrons. The number of anilines is 3. The van der Waals surface area contributed by atoms with Gasteiger partial charge in [0.15, 0.2) is 23.2 Å². The molecule has 0 saturated carbocycles. The van der Waals surface area contributed by atoms with E-state index < -0.39 is 17.9 Å². The Hall–Kier alpha value is -3.55. The Kier molecular flexibility index (Phi) is 6.49. The Morgan fingerprint density at radius 3 is 2.44 bits per heavy atom. The number of hydrogen-bond acceptors (Lipinski definition) is 9. The lowest BCUT2D eigenvalue weighted by Gasteiger charge is -2.46. The van der Waals surface area contributed by atoms with Gasteiger partial charge in [0.25, 0.3) is 0 Å². The molecular formula is C22H27F4N9O. The standard InChI is InChI=1S/C22H27F4N9O/c1-12-31-33-34-35(12)16-8-13(6-7-17(16)36-22(24,25)26)29-19-27-11-15(23)18(30-19)28-14-9-20(2,3)32-21(4,5)10-14/h6-8,11,14,32H,9-10H2,1-5H3,(H2,27,28,29,30). The molecule has 4 rings (SSSR count). The van der Waals surface area contributed by atoms with Gasteiger partial charge in [-0.3, -0.25) is 0 Å². The first-order valence-electron chi connectivity index (χ1n) is 11.2. The van der Waals surface area contributed by atoms with Crippen molar-refractivity contribution >= 4 is 17.5 Å². The number of rotatable bonds is 6. The minimum atomic E-state index is -4.91. The van der Waals surface area contributed by atoms with Crippen LogP contribution in [0, 0.1) is 12.7 Å². The summed E-state index contributed by atoms with van der Waals surface area (Å²) >= 11 is 0. The van der Waals surface area contributed by atoms with Gasteiger partial charge in [-0.25, -0.2) is 9.37 Å². The molecule has 1 saturated heterocycles. The van der Waals surface area contributed by atoms with E-state index in [4.69, 9.17) is 0 Å². The Balaban J connectivity index is 1.59. The molecule has 3 heterocycles. The van der Waals surface area contributed by atoms with Gasteiger partial charge in [-0.1, -0.05) is 0 Å². The maximum atomic E-state index is 14.6. The summed E-state index contributed by atoms with van der Waals surface area (Å²) in [5.74, 6) is -0.790. The zero-order valence-corrected chi connectivity index (χ0v) is 20.4. The van der Waals surface area contributed by atoms with Crippen LogP contribution in [-0.2, 0) is 0 Å².